The molecule has 0 radical (unpaired) electrons. The Kier molecular flexibility index (Phi) is 5.52. The summed E-state index contributed by atoms with van der Waals surface area (Å²) in [5, 5.41) is 2.45. The quantitative estimate of drug-likeness (QED) is 0.490. The van der Waals surface area contributed by atoms with Gasteiger partial charge in [0.1, 0.15) is 5.75 Å². The molecule has 2 nitrogen and oxygen atoms in total. The third kappa shape index (κ3) is 4.28. The molecule has 0 bridgehead atoms. The summed E-state index contributed by atoms with van der Waals surface area (Å²) in [4.78, 5) is 0. The summed E-state index contributed by atoms with van der Waals surface area (Å²) < 4.78 is 12.2. The van der Waals surface area contributed by atoms with E-state index in [-0.39, 0.29) is 12.2 Å². The normalized spacial score (nSPS) is 12.3. The van der Waals surface area contributed by atoms with Gasteiger partial charge in [0.25, 0.3) is 0 Å². The van der Waals surface area contributed by atoms with Crippen molar-refractivity contribution in [1.29, 1.82) is 0 Å². The fourth-order valence-corrected chi connectivity index (χ4v) is 2.77. The molecule has 1 unspecified atom stereocenters. The Hall–Kier alpha value is -2.58. The van der Waals surface area contributed by atoms with Crippen molar-refractivity contribution in [3.05, 3.63) is 84.4 Å². The third-order valence-electron chi connectivity index (χ3n) is 4.20. The van der Waals surface area contributed by atoms with Crippen LogP contribution in [0.4, 0.5) is 0 Å². The Morgan fingerprint density at radius 1 is 0.920 bits per heavy atom. The van der Waals surface area contributed by atoms with E-state index in [9.17, 15) is 0 Å². The lowest BCUT2D eigenvalue weighted by atomic mass is 10.1. The SMILES string of the molecule is C=Cc1ccc(OC(OCc2cccc3ccccc23)C(C)C)cc1. The summed E-state index contributed by atoms with van der Waals surface area (Å²) in [5.41, 5.74) is 2.25. The summed E-state index contributed by atoms with van der Waals surface area (Å²) in [7, 11) is 0. The fourth-order valence-electron chi connectivity index (χ4n) is 2.77. The van der Waals surface area contributed by atoms with Gasteiger partial charge in [0, 0.05) is 5.92 Å². The van der Waals surface area contributed by atoms with Crippen molar-refractivity contribution in [3.8, 4) is 5.75 Å². The van der Waals surface area contributed by atoms with E-state index in [2.05, 4.69) is 62.9 Å². The van der Waals surface area contributed by atoms with Crippen LogP contribution in [0, 0.1) is 5.92 Å². The molecule has 1 atom stereocenters. The van der Waals surface area contributed by atoms with E-state index in [1.54, 1.807) is 0 Å². The molecule has 0 heterocycles. The zero-order chi connectivity index (χ0) is 17.6. The average molecular weight is 332 g/mol. The minimum absolute atomic E-state index is 0.244. The van der Waals surface area contributed by atoms with Crippen LogP contribution in [0.1, 0.15) is 25.0 Å². The Morgan fingerprint density at radius 3 is 2.36 bits per heavy atom. The summed E-state index contributed by atoms with van der Waals surface area (Å²) in [5.74, 6) is 1.05. The van der Waals surface area contributed by atoms with Gasteiger partial charge in [-0.1, -0.05) is 81.1 Å². The van der Waals surface area contributed by atoms with Gasteiger partial charge in [0.2, 0.25) is 6.29 Å². The first-order chi connectivity index (χ1) is 12.2. The van der Waals surface area contributed by atoms with E-state index in [0.717, 1.165) is 11.3 Å². The van der Waals surface area contributed by atoms with Gasteiger partial charge < -0.3 is 9.47 Å². The first kappa shape index (κ1) is 17.2. The summed E-state index contributed by atoms with van der Waals surface area (Å²) >= 11 is 0. The van der Waals surface area contributed by atoms with E-state index >= 15 is 0 Å². The molecule has 3 aromatic carbocycles. The van der Waals surface area contributed by atoms with Crippen LogP contribution in [0.3, 0.4) is 0 Å². The number of rotatable bonds is 7. The van der Waals surface area contributed by atoms with Gasteiger partial charge in [-0.15, -0.1) is 0 Å². The highest BCUT2D eigenvalue weighted by Gasteiger charge is 2.16. The largest absolute Gasteiger partial charge is 0.465 e. The highest BCUT2D eigenvalue weighted by Crippen LogP contribution is 2.22. The number of ether oxygens (including phenoxy) is 2. The molecule has 0 aliphatic rings. The van der Waals surface area contributed by atoms with Crippen molar-refractivity contribution in [2.24, 2.45) is 5.92 Å². The molecule has 0 N–H and O–H groups in total. The molecule has 128 valence electrons. The minimum Gasteiger partial charge on any atom is -0.465 e. The molecule has 0 aromatic heterocycles. The second-order valence-corrected chi connectivity index (χ2v) is 6.45. The third-order valence-corrected chi connectivity index (χ3v) is 4.20. The lowest BCUT2D eigenvalue weighted by Gasteiger charge is -2.23. The molecule has 3 rings (SSSR count). The van der Waals surface area contributed by atoms with Crippen molar-refractivity contribution in [1.82, 2.24) is 0 Å². The number of fused-ring (bicyclic) bond motifs is 1. The van der Waals surface area contributed by atoms with Crippen LogP contribution >= 0.6 is 0 Å². The van der Waals surface area contributed by atoms with Gasteiger partial charge in [-0.2, -0.15) is 0 Å². The molecule has 0 aliphatic carbocycles. The van der Waals surface area contributed by atoms with Gasteiger partial charge in [0.15, 0.2) is 0 Å². The van der Waals surface area contributed by atoms with Gasteiger partial charge in [-0.05, 0) is 34.0 Å². The maximum Gasteiger partial charge on any atom is 0.202 e. The smallest absolute Gasteiger partial charge is 0.202 e. The molecular weight excluding hydrogens is 308 g/mol. The van der Waals surface area contributed by atoms with Crippen LogP contribution in [0.2, 0.25) is 0 Å². The maximum absolute atomic E-state index is 6.12. The summed E-state index contributed by atoms with van der Waals surface area (Å²) in [6, 6.07) is 22.6. The predicted molar refractivity (Wildman–Crippen MR) is 105 cm³/mol. The first-order valence-electron chi connectivity index (χ1n) is 8.65. The number of hydrogen-bond donors (Lipinski definition) is 0. The van der Waals surface area contributed by atoms with E-state index in [4.69, 9.17) is 9.47 Å². The van der Waals surface area contributed by atoms with Crippen molar-refractivity contribution >= 4 is 16.8 Å². The second-order valence-electron chi connectivity index (χ2n) is 6.45. The van der Waals surface area contributed by atoms with Crippen molar-refractivity contribution in [3.63, 3.8) is 0 Å². The molecule has 0 amide bonds. The van der Waals surface area contributed by atoms with Gasteiger partial charge in [-0.3, -0.25) is 0 Å². The number of hydrogen-bond acceptors (Lipinski definition) is 2. The summed E-state index contributed by atoms with van der Waals surface area (Å²) in [6.45, 7) is 8.50. The van der Waals surface area contributed by atoms with E-state index in [0.29, 0.717) is 6.61 Å². The maximum atomic E-state index is 6.12. The van der Waals surface area contributed by atoms with E-state index < -0.39 is 0 Å². The van der Waals surface area contributed by atoms with Crippen molar-refractivity contribution in [2.75, 3.05) is 0 Å². The zero-order valence-corrected chi connectivity index (χ0v) is 14.8. The Bertz CT molecular complexity index is 829. The zero-order valence-electron chi connectivity index (χ0n) is 14.8. The summed E-state index contributed by atoms with van der Waals surface area (Å²) in [6.07, 6.45) is 1.52. The Balaban J connectivity index is 1.72. The van der Waals surface area contributed by atoms with Crippen molar-refractivity contribution < 1.29 is 9.47 Å². The van der Waals surface area contributed by atoms with Crippen LogP contribution < -0.4 is 4.74 Å². The number of benzene rings is 3. The predicted octanol–water partition coefficient (Wildman–Crippen LogP) is 6.06. The lowest BCUT2D eigenvalue weighted by molar-refractivity contribution is -0.116. The topological polar surface area (TPSA) is 18.5 Å². The lowest BCUT2D eigenvalue weighted by Crippen LogP contribution is -2.26. The van der Waals surface area contributed by atoms with E-state index in [1.165, 1.54) is 16.3 Å². The molecular formula is C23H24O2. The Morgan fingerprint density at radius 2 is 1.64 bits per heavy atom. The van der Waals surface area contributed by atoms with Gasteiger partial charge in [0.05, 0.1) is 6.61 Å². The molecule has 25 heavy (non-hydrogen) atoms. The van der Waals surface area contributed by atoms with Crippen LogP contribution in [0.15, 0.2) is 73.3 Å². The molecule has 3 aromatic rings. The molecule has 0 aliphatic heterocycles. The molecule has 0 saturated heterocycles. The fraction of sp³-hybridized carbons (Fsp3) is 0.217. The molecule has 0 spiro atoms. The monoisotopic (exact) mass is 332 g/mol. The van der Waals surface area contributed by atoms with E-state index in [1.807, 2.05) is 30.3 Å². The molecule has 0 fully saturated rings. The Labute approximate surface area is 149 Å². The molecule has 0 saturated carbocycles. The van der Waals surface area contributed by atoms with Crippen LogP contribution in [-0.4, -0.2) is 6.29 Å². The second kappa shape index (κ2) is 8.00. The highest BCUT2D eigenvalue weighted by molar-refractivity contribution is 5.85. The van der Waals surface area contributed by atoms with Crippen molar-refractivity contribution in [2.45, 2.75) is 26.7 Å². The molecule has 2 heteroatoms. The van der Waals surface area contributed by atoms with Gasteiger partial charge in [-0.25, -0.2) is 0 Å². The highest BCUT2D eigenvalue weighted by atomic mass is 16.7. The van der Waals surface area contributed by atoms with Crippen LogP contribution in [-0.2, 0) is 11.3 Å². The minimum atomic E-state index is -0.298. The van der Waals surface area contributed by atoms with Crippen LogP contribution in [0.5, 0.6) is 5.75 Å². The standard InChI is InChI=1S/C23H24O2/c1-4-18-12-14-21(15-13-18)25-23(17(2)3)24-16-20-10-7-9-19-8-5-6-11-22(19)20/h4-15,17,23H,1,16H2,2-3H3. The van der Waals surface area contributed by atoms with Crippen LogP contribution in [0.25, 0.3) is 16.8 Å². The average Bonchev–Trinajstić information content (AvgIpc) is 2.65. The first-order valence-corrected chi connectivity index (χ1v) is 8.65. The van der Waals surface area contributed by atoms with Gasteiger partial charge >= 0.3 is 0 Å².